The van der Waals surface area contributed by atoms with Gasteiger partial charge in [0.15, 0.2) is 0 Å². The fourth-order valence-corrected chi connectivity index (χ4v) is 1.75. The lowest BCUT2D eigenvalue weighted by Crippen LogP contribution is -2.22. The average Bonchev–Trinajstić information content (AvgIpc) is 2.28. The van der Waals surface area contributed by atoms with E-state index in [0.717, 1.165) is 12.8 Å². The summed E-state index contributed by atoms with van der Waals surface area (Å²) in [6.45, 7) is 2.57. The Morgan fingerprint density at radius 1 is 1.53 bits per heavy atom. The topological polar surface area (TPSA) is 55.1 Å². The third kappa shape index (κ3) is 4.95. The molecular weight excluding hydrogens is 219 g/mol. The molecule has 0 aromatic heterocycles. The Morgan fingerprint density at radius 3 is 2.88 bits per heavy atom. The first-order chi connectivity index (χ1) is 8.15. The van der Waals surface area contributed by atoms with Crippen molar-refractivity contribution in [2.24, 2.45) is 11.7 Å². The second kappa shape index (κ2) is 7.01. The number of carbonyl (C=O) groups is 1. The molecule has 1 rings (SSSR count). The molecule has 0 radical (unpaired) electrons. The van der Waals surface area contributed by atoms with Gasteiger partial charge >= 0.3 is 0 Å². The summed E-state index contributed by atoms with van der Waals surface area (Å²) in [5.74, 6) is -0.264. The molecule has 1 aromatic rings. The molecule has 0 aliphatic heterocycles. The van der Waals surface area contributed by atoms with E-state index in [4.69, 9.17) is 5.73 Å². The molecule has 4 heteroatoms. The summed E-state index contributed by atoms with van der Waals surface area (Å²) >= 11 is 0. The van der Waals surface area contributed by atoms with Gasteiger partial charge in [0, 0.05) is 12.1 Å². The minimum atomic E-state index is -0.355. The van der Waals surface area contributed by atoms with Crippen molar-refractivity contribution in [2.45, 2.75) is 26.2 Å². The van der Waals surface area contributed by atoms with Crippen molar-refractivity contribution >= 4 is 11.6 Å². The predicted molar refractivity (Wildman–Crippen MR) is 67.1 cm³/mol. The molecule has 0 bridgehead atoms. The number of halogens is 1. The van der Waals surface area contributed by atoms with Crippen molar-refractivity contribution in [1.29, 1.82) is 0 Å². The van der Waals surface area contributed by atoms with Gasteiger partial charge in [0.1, 0.15) is 5.82 Å². The Balaban J connectivity index is 2.49. The highest BCUT2D eigenvalue weighted by Gasteiger charge is 2.11. The molecule has 94 valence electrons. The Bertz CT molecular complexity index is 368. The highest BCUT2D eigenvalue weighted by Crippen LogP contribution is 2.13. The van der Waals surface area contributed by atoms with Crippen LogP contribution in [0, 0.1) is 11.7 Å². The third-order valence-corrected chi connectivity index (χ3v) is 2.61. The normalized spacial score (nSPS) is 12.2. The number of carbonyl (C=O) groups excluding carboxylic acids is 1. The van der Waals surface area contributed by atoms with Crippen molar-refractivity contribution < 1.29 is 9.18 Å². The predicted octanol–water partition coefficient (Wildman–Crippen LogP) is 2.53. The molecule has 0 spiro atoms. The largest absolute Gasteiger partial charge is 0.330 e. The highest BCUT2D eigenvalue weighted by molar-refractivity contribution is 5.90. The van der Waals surface area contributed by atoms with Crippen LogP contribution in [-0.2, 0) is 4.79 Å². The van der Waals surface area contributed by atoms with Gasteiger partial charge < -0.3 is 11.1 Å². The van der Waals surface area contributed by atoms with Crippen molar-refractivity contribution in [1.82, 2.24) is 0 Å². The van der Waals surface area contributed by atoms with Gasteiger partial charge in [-0.15, -0.1) is 0 Å². The van der Waals surface area contributed by atoms with Gasteiger partial charge in [0.2, 0.25) is 5.91 Å². The van der Waals surface area contributed by atoms with Crippen LogP contribution in [0.15, 0.2) is 24.3 Å². The van der Waals surface area contributed by atoms with Crippen LogP contribution in [-0.4, -0.2) is 12.5 Å². The molecule has 0 aliphatic rings. The molecule has 0 heterocycles. The number of rotatable bonds is 6. The molecular formula is C13H19FN2O. The van der Waals surface area contributed by atoms with E-state index in [-0.39, 0.29) is 17.6 Å². The molecule has 0 fully saturated rings. The summed E-state index contributed by atoms with van der Waals surface area (Å²) in [6.07, 6.45) is 2.34. The van der Waals surface area contributed by atoms with Crippen LogP contribution in [0.4, 0.5) is 10.1 Å². The minimum Gasteiger partial charge on any atom is -0.330 e. The average molecular weight is 238 g/mol. The molecule has 1 aromatic carbocycles. The number of benzene rings is 1. The van der Waals surface area contributed by atoms with Crippen molar-refractivity contribution in [3.05, 3.63) is 30.1 Å². The molecule has 1 atom stereocenters. The first kappa shape index (κ1) is 13.6. The van der Waals surface area contributed by atoms with E-state index in [9.17, 15) is 9.18 Å². The maximum atomic E-state index is 12.9. The number of hydrogen-bond acceptors (Lipinski definition) is 2. The Hall–Kier alpha value is -1.42. The van der Waals surface area contributed by atoms with E-state index >= 15 is 0 Å². The quantitative estimate of drug-likeness (QED) is 0.800. The van der Waals surface area contributed by atoms with Crippen LogP contribution in [0.3, 0.4) is 0 Å². The Kier molecular flexibility index (Phi) is 5.63. The molecule has 0 aliphatic carbocycles. The summed E-state index contributed by atoms with van der Waals surface area (Å²) in [7, 11) is 0. The maximum Gasteiger partial charge on any atom is 0.224 e. The zero-order chi connectivity index (χ0) is 12.7. The molecule has 17 heavy (non-hydrogen) atoms. The molecule has 0 saturated heterocycles. The van der Waals surface area contributed by atoms with Crippen LogP contribution in [0.25, 0.3) is 0 Å². The monoisotopic (exact) mass is 238 g/mol. The molecule has 3 N–H and O–H groups in total. The summed E-state index contributed by atoms with van der Waals surface area (Å²) in [6, 6.07) is 5.88. The van der Waals surface area contributed by atoms with Gasteiger partial charge in [-0.3, -0.25) is 4.79 Å². The fourth-order valence-electron chi connectivity index (χ4n) is 1.75. The van der Waals surface area contributed by atoms with Crippen LogP contribution < -0.4 is 11.1 Å². The third-order valence-electron chi connectivity index (χ3n) is 2.61. The van der Waals surface area contributed by atoms with Crippen molar-refractivity contribution in [2.75, 3.05) is 11.9 Å². The van der Waals surface area contributed by atoms with Gasteiger partial charge in [0.25, 0.3) is 0 Å². The van der Waals surface area contributed by atoms with Crippen LogP contribution in [0.2, 0.25) is 0 Å². The Morgan fingerprint density at radius 2 is 2.29 bits per heavy atom. The summed E-state index contributed by atoms with van der Waals surface area (Å²) in [5.41, 5.74) is 6.07. The van der Waals surface area contributed by atoms with Gasteiger partial charge in [-0.05, 0) is 37.1 Å². The summed E-state index contributed by atoms with van der Waals surface area (Å²) in [4.78, 5) is 11.7. The lowest BCUT2D eigenvalue weighted by molar-refractivity contribution is -0.117. The second-order valence-electron chi connectivity index (χ2n) is 4.15. The van der Waals surface area contributed by atoms with E-state index < -0.39 is 0 Å². The van der Waals surface area contributed by atoms with Gasteiger partial charge in [-0.25, -0.2) is 4.39 Å². The van der Waals surface area contributed by atoms with Crippen LogP contribution >= 0.6 is 0 Å². The van der Waals surface area contributed by atoms with Crippen LogP contribution in [0.5, 0.6) is 0 Å². The van der Waals surface area contributed by atoms with E-state index in [2.05, 4.69) is 12.2 Å². The van der Waals surface area contributed by atoms with E-state index in [1.165, 1.54) is 12.1 Å². The fraction of sp³-hybridized carbons (Fsp3) is 0.462. The zero-order valence-corrected chi connectivity index (χ0v) is 10.1. The van der Waals surface area contributed by atoms with Gasteiger partial charge in [-0.2, -0.15) is 0 Å². The maximum absolute atomic E-state index is 12.9. The highest BCUT2D eigenvalue weighted by atomic mass is 19.1. The van der Waals surface area contributed by atoms with Gasteiger partial charge in [0.05, 0.1) is 0 Å². The number of anilines is 1. The minimum absolute atomic E-state index is 0.112. The summed E-state index contributed by atoms with van der Waals surface area (Å²) in [5, 5.41) is 2.67. The lowest BCUT2D eigenvalue weighted by atomic mass is 10.00. The zero-order valence-electron chi connectivity index (χ0n) is 10.1. The number of amides is 1. The number of nitrogens with two attached hydrogens (primary N) is 1. The molecule has 1 amide bonds. The van der Waals surface area contributed by atoms with E-state index in [0.29, 0.717) is 18.7 Å². The summed E-state index contributed by atoms with van der Waals surface area (Å²) < 4.78 is 12.9. The Labute approximate surface area is 101 Å². The van der Waals surface area contributed by atoms with Crippen LogP contribution in [0.1, 0.15) is 26.2 Å². The molecule has 0 saturated carbocycles. The molecule has 1 unspecified atom stereocenters. The second-order valence-corrected chi connectivity index (χ2v) is 4.15. The SMILES string of the molecule is CCCC(CN)CC(=O)Nc1cccc(F)c1. The van der Waals surface area contributed by atoms with E-state index in [1.807, 2.05) is 0 Å². The standard InChI is InChI=1S/C13H19FN2O/c1-2-4-10(9-15)7-13(17)16-12-6-3-5-11(14)8-12/h3,5-6,8,10H,2,4,7,9,15H2,1H3,(H,16,17). The van der Waals surface area contributed by atoms with Gasteiger partial charge in [-0.1, -0.05) is 19.4 Å². The molecule has 3 nitrogen and oxygen atoms in total. The number of nitrogens with one attached hydrogen (secondary N) is 1. The van der Waals surface area contributed by atoms with Crippen molar-refractivity contribution in [3.63, 3.8) is 0 Å². The first-order valence-corrected chi connectivity index (χ1v) is 5.91. The first-order valence-electron chi connectivity index (χ1n) is 5.91. The number of hydrogen-bond donors (Lipinski definition) is 2. The lowest BCUT2D eigenvalue weighted by Gasteiger charge is -2.13. The van der Waals surface area contributed by atoms with Crippen molar-refractivity contribution in [3.8, 4) is 0 Å². The van der Waals surface area contributed by atoms with E-state index in [1.54, 1.807) is 12.1 Å². The smallest absolute Gasteiger partial charge is 0.224 e.